The zero-order chi connectivity index (χ0) is 8.43. The van der Waals surface area contributed by atoms with Gasteiger partial charge in [-0.2, -0.15) is 5.26 Å². The van der Waals surface area contributed by atoms with E-state index in [0.717, 1.165) is 4.47 Å². The monoisotopic (exact) mass is 249 g/mol. The summed E-state index contributed by atoms with van der Waals surface area (Å²) in [5.74, 6) is 0. The van der Waals surface area contributed by atoms with Crippen LogP contribution in [0.5, 0.6) is 0 Å². The molecule has 0 atom stereocenters. The summed E-state index contributed by atoms with van der Waals surface area (Å²) in [6.07, 6.45) is 0. The Labute approximate surface area is 82.7 Å². The lowest BCUT2D eigenvalue weighted by Crippen LogP contribution is -1.78. The Balaban J connectivity index is 3.39. The lowest BCUT2D eigenvalue weighted by molar-refractivity contribution is 1.47. The molecule has 0 heterocycles. The van der Waals surface area contributed by atoms with E-state index in [1.807, 2.05) is 6.07 Å². The molecule has 0 saturated carbocycles. The van der Waals surface area contributed by atoms with Crippen LogP contribution in [0.3, 0.4) is 0 Å². The van der Waals surface area contributed by atoms with Gasteiger partial charge in [0.25, 0.3) is 0 Å². The van der Waals surface area contributed by atoms with Crippen molar-refractivity contribution in [2.45, 2.75) is 0 Å². The van der Waals surface area contributed by atoms with Gasteiger partial charge < -0.3 is 0 Å². The zero-order valence-electron chi connectivity index (χ0n) is 5.24. The van der Waals surface area contributed by atoms with Gasteiger partial charge in [0.2, 0.25) is 0 Å². The van der Waals surface area contributed by atoms with Crippen molar-refractivity contribution < 1.29 is 0 Å². The van der Waals surface area contributed by atoms with Crippen molar-refractivity contribution in [2.24, 2.45) is 0 Å². The van der Waals surface area contributed by atoms with Crippen molar-refractivity contribution in [3.8, 4) is 6.07 Å². The molecule has 11 heavy (non-hydrogen) atoms. The Morgan fingerprint density at radius 2 is 2.00 bits per heavy atom. The molecule has 0 saturated heterocycles. The van der Waals surface area contributed by atoms with Gasteiger partial charge in [-0.3, -0.25) is 0 Å². The summed E-state index contributed by atoms with van der Waals surface area (Å²) < 4.78 is 0.753. The number of rotatable bonds is 0. The number of nitriles is 1. The number of hydrogen-bond acceptors (Lipinski definition) is 1. The highest BCUT2D eigenvalue weighted by Gasteiger charge is 2.04. The Hall–Kier alpha value is -0.230. The maximum absolute atomic E-state index is 8.55. The number of halogens is 3. The van der Waals surface area contributed by atoms with Crippen molar-refractivity contribution in [3.05, 3.63) is 32.2 Å². The molecule has 56 valence electrons. The zero-order valence-corrected chi connectivity index (χ0v) is 8.33. The second-order valence-corrected chi connectivity index (χ2v) is 3.56. The van der Waals surface area contributed by atoms with Crippen LogP contribution in [0.15, 0.2) is 16.6 Å². The van der Waals surface area contributed by atoms with Crippen LogP contribution in [0, 0.1) is 11.3 Å². The topological polar surface area (TPSA) is 23.8 Å². The second-order valence-electron chi connectivity index (χ2n) is 1.86. The fourth-order valence-electron chi connectivity index (χ4n) is 0.637. The molecule has 1 aromatic rings. The molecule has 1 rings (SSSR count). The first kappa shape index (κ1) is 8.86. The van der Waals surface area contributed by atoms with Crippen molar-refractivity contribution in [3.63, 3.8) is 0 Å². The van der Waals surface area contributed by atoms with Gasteiger partial charge in [-0.15, -0.1) is 0 Å². The average molecular weight is 251 g/mol. The molecule has 0 N–H and O–H groups in total. The molecule has 4 heteroatoms. The van der Waals surface area contributed by atoms with Crippen molar-refractivity contribution >= 4 is 39.1 Å². The fraction of sp³-hybridized carbons (Fsp3) is 0. The van der Waals surface area contributed by atoms with Gasteiger partial charge in [-0.1, -0.05) is 39.1 Å². The molecule has 0 amide bonds. The molecule has 0 bridgehead atoms. The first-order chi connectivity index (χ1) is 5.15. The van der Waals surface area contributed by atoms with Crippen LogP contribution in [0.2, 0.25) is 10.0 Å². The largest absolute Gasteiger partial charge is 0.192 e. The summed E-state index contributed by atoms with van der Waals surface area (Å²) in [4.78, 5) is 0. The van der Waals surface area contributed by atoms with E-state index in [0.29, 0.717) is 15.6 Å². The standard InChI is InChI=1S/C7H2BrCl2N/c8-5-1-4(3-11)7(10)6(9)2-5/h1-2H. The van der Waals surface area contributed by atoms with Gasteiger partial charge in [-0.25, -0.2) is 0 Å². The van der Waals surface area contributed by atoms with E-state index in [1.54, 1.807) is 12.1 Å². The van der Waals surface area contributed by atoms with E-state index < -0.39 is 0 Å². The second kappa shape index (κ2) is 3.44. The lowest BCUT2D eigenvalue weighted by atomic mass is 10.2. The maximum atomic E-state index is 8.55. The molecule has 1 aromatic carbocycles. The highest BCUT2D eigenvalue weighted by molar-refractivity contribution is 9.10. The van der Waals surface area contributed by atoms with Gasteiger partial charge in [-0.05, 0) is 12.1 Å². The van der Waals surface area contributed by atoms with Crippen LogP contribution < -0.4 is 0 Å². The van der Waals surface area contributed by atoms with E-state index in [4.69, 9.17) is 28.5 Å². The third-order valence-electron chi connectivity index (χ3n) is 1.11. The molecule has 0 radical (unpaired) electrons. The molecule has 0 spiro atoms. The highest BCUT2D eigenvalue weighted by Crippen LogP contribution is 2.29. The van der Waals surface area contributed by atoms with Crippen LogP contribution in [0.4, 0.5) is 0 Å². The van der Waals surface area contributed by atoms with Crippen molar-refractivity contribution in [1.29, 1.82) is 5.26 Å². The molecule has 0 aliphatic rings. The van der Waals surface area contributed by atoms with E-state index in [1.165, 1.54) is 0 Å². The van der Waals surface area contributed by atoms with E-state index in [-0.39, 0.29) is 0 Å². The minimum atomic E-state index is 0.303. The van der Waals surface area contributed by atoms with Gasteiger partial charge in [0.1, 0.15) is 6.07 Å². The molecule has 0 aliphatic carbocycles. The lowest BCUT2D eigenvalue weighted by Gasteiger charge is -1.97. The van der Waals surface area contributed by atoms with Crippen molar-refractivity contribution in [1.82, 2.24) is 0 Å². The predicted molar refractivity (Wildman–Crippen MR) is 48.9 cm³/mol. The summed E-state index contributed by atoms with van der Waals surface area (Å²) in [7, 11) is 0. The SMILES string of the molecule is N#Cc1cc(Br)cc(Cl)c1Cl. The minimum absolute atomic E-state index is 0.303. The van der Waals surface area contributed by atoms with Gasteiger partial charge in [0.15, 0.2) is 0 Å². The van der Waals surface area contributed by atoms with Gasteiger partial charge in [0.05, 0.1) is 15.6 Å². The number of benzene rings is 1. The molecular formula is C7H2BrCl2N. The molecule has 0 fully saturated rings. The molecule has 0 aromatic heterocycles. The van der Waals surface area contributed by atoms with E-state index in [9.17, 15) is 0 Å². The average Bonchev–Trinajstić information content (AvgIpc) is 1.96. The first-order valence-electron chi connectivity index (χ1n) is 2.70. The Morgan fingerprint density at radius 1 is 1.36 bits per heavy atom. The smallest absolute Gasteiger partial charge is 0.101 e. The van der Waals surface area contributed by atoms with E-state index in [2.05, 4.69) is 15.9 Å². The Morgan fingerprint density at radius 3 is 2.55 bits per heavy atom. The molecule has 0 aliphatic heterocycles. The summed E-state index contributed by atoms with van der Waals surface area (Å²) in [6, 6.07) is 5.19. The summed E-state index contributed by atoms with van der Waals surface area (Å²) in [6.45, 7) is 0. The summed E-state index contributed by atoms with van der Waals surface area (Å²) >= 11 is 14.6. The Bertz CT molecular complexity index is 330. The first-order valence-corrected chi connectivity index (χ1v) is 4.24. The predicted octanol–water partition coefficient (Wildman–Crippen LogP) is 3.63. The minimum Gasteiger partial charge on any atom is -0.192 e. The van der Waals surface area contributed by atoms with Gasteiger partial charge >= 0.3 is 0 Å². The summed E-state index contributed by atoms with van der Waals surface area (Å²) in [5, 5.41) is 9.24. The van der Waals surface area contributed by atoms with Crippen LogP contribution in [0.1, 0.15) is 5.56 Å². The number of hydrogen-bond donors (Lipinski definition) is 0. The maximum Gasteiger partial charge on any atom is 0.101 e. The van der Waals surface area contributed by atoms with Crippen LogP contribution in [0.25, 0.3) is 0 Å². The molecule has 0 unspecified atom stereocenters. The van der Waals surface area contributed by atoms with Crippen molar-refractivity contribution in [2.75, 3.05) is 0 Å². The third kappa shape index (κ3) is 1.87. The Kier molecular flexibility index (Phi) is 2.78. The highest BCUT2D eigenvalue weighted by atomic mass is 79.9. The summed E-state index contributed by atoms with van der Waals surface area (Å²) in [5.41, 5.74) is 0.381. The third-order valence-corrected chi connectivity index (χ3v) is 2.37. The van der Waals surface area contributed by atoms with Crippen LogP contribution in [-0.2, 0) is 0 Å². The fourth-order valence-corrected chi connectivity index (χ4v) is 1.60. The van der Waals surface area contributed by atoms with E-state index >= 15 is 0 Å². The normalized spacial score (nSPS) is 9.27. The van der Waals surface area contributed by atoms with Crippen LogP contribution in [-0.4, -0.2) is 0 Å². The quantitative estimate of drug-likeness (QED) is 0.646. The number of nitrogens with zero attached hydrogens (tertiary/aromatic N) is 1. The molecular weight excluding hydrogens is 249 g/mol. The van der Waals surface area contributed by atoms with Gasteiger partial charge in [0, 0.05) is 4.47 Å². The van der Waals surface area contributed by atoms with Crippen LogP contribution >= 0.6 is 39.1 Å². The molecule has 1 nitrogen and oxygen atoms in total.